The molecule has 0 fully saturated rings. The van der Waals surface area contributed by atoms with E-state index in [-0.39, 0.29) is 0 Å². The number of hydrogen-bond donors (Lipinski definition) is 1. The maximum atomic E-state index is 5.79. The van der Waals surface area contributed by atoms with Crippen molar-refractivity contribution in [2.75, 3.05) is 12.0 Å². The highest BCUT2D eigenvalue weighted by atomic mass is 32.2. The van der Waals surface area contributed by atoms with Gasteiger partial charge in [-0.3, -0.25) is 0 Å². The SMILES string of the molecule is CSc1ccc(-c2ncsc2N)cc1. The molecule has 1 aromatic heterocycles. The summed E-state index contributed by atoms with van der Waals surface area (Å²) in [5.74, 6) is 0. The molecule has 0 aliphatic rings. The van der Waals surface area contributed by atoms with E-state index in [1.807, 2.05) is 0 Å². The monoisotopic (exact) mass is 222 g/mol. The molecular weight excluding hydrogens is 212 g/mol. The number of hydrogen-bond acceptors (Lipinski definition) is 4. The molecule has 2 N–H and O–H groups in total. The molecule has 2 rings (SSSR count). The third-order valence-electron chi connectivity index (χ3n) is 1.96. The largest absolute Gasteiger partial charge is 0.389 e. The summed E-state index contributed by atoms with van der Waals surface area (Å²) in [7, 11) is 0. The Labute approximate surface area is 91.2 Å². The van der Waals surface area contributed by atoms with E-state index in [0.29, 0.717) is 0 Å². The first-order chi connectivity index (χ1) is 6.81. The van der Waals surface area contributed by atoms with Crippen LogP contribution >= 0.6 is 23.1 Å². The van der Waals surface area contributed by atoms with E-state index < -0.39 is 0 Å². The zero-order chi connectivity index (χ0) is 9.97. The lowest BCUT2D eigenvalue weighted by Crippen LogP contribution is -1.85. The van der Waals surface area contributed by atoms with Crippen LogP contribution in [0.3, 0.4) is 0 Å². The highest BCUT2D eigenvalue weighted by molar-refractivity contribution is 7.98. The number of nitrogens with two attached hydrogens (primary N) is 1. The van der Waals surface area contributed by atoms with Crippen LogP contribution < -0.4 is 5.73 Å². The Balaban J connectivity index is 2.39. The van der Waals surface area contributed by atoms with E-state index in [2.05, 4.69) is 35.5 Å². The number of nitrogens with zero attached hydrogens (tertiary/aromatic N) is 1. The molecule has 2 aromatic rings. The molecule has 0 atom stereocenters. The van der Waals surface area contributed by atoms with Crippen LogP contribution in [0.2, 0.25) is 0 Å². The summed E-state index contributed by atoms with van der Waals surface area (Å²) >= 11 is 3.20. The number of benzene rings is 1. The Kier molecular flexibility index (Phi) is 2.74. The van der Waals surface area contributed by atoms with Crippen molar-refractivity contribution < 1.29 is 0 Å². The number of nitrogen functional groups attached to an aromatic ring is 1. The van der Waals surface area contributed by atoms with E-state index >= 15 is 0 Å². The summed E-state index contributed by atoms with van der Waals surface area (Å²) in [6, 6.07) is 8.27. The second kappa shape index (κ2) is 4.02. The van der Waals surface area contributed by atoms with Gasteiger partial charge in [0.05, 0.1) is 5.51 Å². The molecule has 1 aromatic carbocycles. The molecule has 14 heavy (non-hydrogen) atoms. The Morgan fingerprint density at radius 1 is 1.29 bits per heavy atom. The molecule has 0 aliphatic carbocycles. The van der Waals surface area contributed by atoms with Crippen LogP contribution in [-0.2, 0) is 0 Å². The molecule has 0 aliphatic heterocycles. The Hall–Kier alpha value is -1.00. The second-order valence-corrected chi connectivity index (χ2v) is 4.56. The lowest BCUT2D eigenvalue weighted by molar-refractivity contribution is 1.39. The van der Waals surface area contributed by atoms with Crippen molar-refractivity contribution in [1.82, 2.24) is 4.98 Å². The fraction of sp³-hybridized carbons (Fsp3) is 0.100. The fourth-order valence-electron chi connectivity index (χ4n) is 1.22. The molecule has 4 heteroatoms. The normalized spacial score (nSPS) is 10.4. The molecule has 0 radical (unpaired) electrons. The van der Waals surface area contributed by atoms with Crippen molar-refractivity contribution in [3.63, 3.8) is 0 Å². The van der Waals surface area contributed by atoms with Gasteiger partial charge in [0, 0.05) is 10.5 Å². The minimum Gasteiger partial charge on any atom is -0.389 e. The molecule has 0 saturated heterocycles. The molecule has 1 heterocycles. The average molecular weight is 222 g/mol. The average Bonchev–Trinajstić information content (AvgIpc) is 2.65. The van der Waals surface area contributed by atoms with Crippen LogP contribution in [0.15, 0.2) is 34.7 Å². The van der Waals surface area contributed by atoms with E-state index in [0.717, 1.165) is 16.3 Å². The van der Waals surface area contributed by atoms with Crippen molar-refractivity contribution in [2.45, 2.75) is 4.90 Å². The van der Waals surface area contributed by atoms with E-state index in [1.165, 1.54) is 16.2 Å². The van der Waals surface area contributed by atoms with Crippen molar-refractivity contribution in [3.05, 3.63) is 29.8 Å². The van der Waals surface area contributed by atoms with Gasteiger partial charge in [0.15, 0.2) is 0 Å². The summed E-state index contributed by atoms with van der Waals surface area (Å²) < 4.78 is 0. The number of anilines is 1. The van der Waals surface area contributed by atoms with Gasteiger partial charge in [-0.15, -0.1) is 23.1 Å². The summed E-state index contributed by atoms with van der Waals surface area (Å²) in [6.07, 6.45) is 2.06. The summed E-state index contributed by atoms with van der Waals surface area (Å²) in [4.78, 5) is 5.48. The van der Waals surface area contributed by atoms with Crippen LogP contribution in [0.4, 0.5) is 5.00 Å². The van der Waals surface area contributed by atoms with Gasteiger partial charge in [0.1, 0.15) is 10.7 Å². The van der Waals surface area contributed by atoms with Gasteiger partial charge < -0.3 is 5.73 Å². The molecule has 0 unspecified atom stereocenters. The topological polar surface area (TPSA) is 38.9 Å². The van der Waals surface area contributed by atoms with Gasteiger partial charge in [0.2, 0.25) is 0 Å². The third-order valence-corrected chi connectivity index (χ3v) is 3.36. The van der Waals surface area contributed by atoms with Gasteiger partial charge >= 0.3 is 0 Å². The van der Waals surface area contributed by atoms with E-state index in [1.54, 1.807) is 17.3 Å². The van der Waals surface area contributed by atoms with Gasteiger partial charge in [-0.2, -0.15) is 0 Å². The maximum Gasteiger partial charge on any atom is 0.114 e. The molecule has 0 bridgehead atoms. The third kappa shape index (κ3) is 1.76. The van der Waals surface area contributed by atoms with Crippen LogP contribution in [0.25, 0.3) is 11.3 Å². The summed E-state index contributed by atoms with van der Waals surface area (Å²) in [5.41, 5.74) is 9.54. The molecule has 0 amide bonds. The Morgan fingerprint density at radius 3 is 2.50 bits per heavy atom. The van der Waals surface area contributed by atoms with Gasteiger partial charge in [-0.05, 0) is 18.4 Å². The van der Waals surface area contributed by atoms with E-state index in [4.69, 9.17) is 5.73 Å². The first-order valence-electron chi connectivity index (χ1n) is 4.14. The second-order valence-electron chi connectivity index (χ2n) is 2.79. The lowest BCUT2D eigenvalue weighted by Gasteiger charge is -2.00. The first kappa shape index (κ1) is 9.55. The van der Waals surface area contributed by atoms with Crippen LogP contribution in [0, 0.1) is 0 Å². The van der Waals surface area contributed by atoms with Gasteiger partial charge in [-0.1, -0.05) is 12.1 Å². The predicted octanol–water partition coefficient (Wildman–Crippen LogP) is 3.11. The zero-order valence-corrected chi connectivity index (χ0v) is 9.36. The molecule has 2 nitrogen and oxygen atoms in total. The van der Waals surface area contributed by atoms with E-state index in [9.17, 15) is 0 Å². The van der Waals surface area contributed by atoms with Crippen LogP contribution in [0.5, 0.6) is 0 Å². The highest BCUT2D eigenvalue weighted by Crippen LogP contribution is 2.28. The Bertz CT molecular complexity index is 420. The molecule has 0 spiro atoms. The number of rotatable bonds is 2. The van der Waals surface area contributed by atoms with Gasteiger partial charge in [-0.25, -0.2) is 4.98 Å². The smallest absolute Gasteiger partial charge is 0.114 e. The summed E-state index contributed by atoms with van der Waals surface area (Å²) in [5, 5.41) is 0.780. The summed E-state index contributed by atoms with van der Waals surface area (Å²) in [6.45, 7) is 0. The lowest BCUT2D eigenvalue weighted by atomic mass is 10.2. The standard InChI is InChI=1S/C10H10N2S2/c1-13-8-4-2-7(3-5-8)9-10(11)14-6-12-9/h2-6H,11H2,1H3. The minimum absolute atomic E-state index is 0.780. The predicted molar refractivity (Wildman–Crippen MR) is 63.7 cm³/mol. The first-order valence-corrected chi connectivity index (χ1v) is 6.25. The van der Waals surface area contributed by atoms with Crippen molar-refractivity contribution in [1.29, 1.82) is 0 Å². The molecule has 72 valence electrons. The van der Waals surface area contributed by atoms with Crippen molar-refractivity contribution in [2.24, 2.45) is 0 Å². The van der Waals surface area contributed by atoms with Crippen LogP contribution in [-0.4, -0.2) is 11.2 Å². The Morgan fingerprint density at radius 2 is 2.00 bits per heavy atom. The fourth-order valence-corrected chi connectivity index (χ4v) is 2.18. The van der Waals surface area contributed by atoms with Crippen molar-refractivity contribution in [3.8, 4) is 11.3 Å². The number of aromatic nitrogens is 1. The van der Waals surface area contributed by atoms with Crippen molar-refractivity contribution >= 4 is 28.1 Å². The zero-order valence-electron chi connectivity index (χ0n) is 7.73. The highest BCUT2D eigenvalue weighted by Gasteiger charge is 2.04. The molecule has 0 saturated carbocycles. The van der Waals surface area contributed by atoms with Gasteiger partial charge in [0.25, 0.3) is 0 Å². The molecular formula is C10H10N2S2. The number of thioether (sulfide) groups is 1. The maximum absolute atomic E-state index is 5.79. The van der Waals surface area contributed by atoms with Crippen LogP contribution in [0.1, 0.15) is 0 Å². The minimum atomic E-state index is 0.780. The quantitative estimate of drug-likeness (QED) is 0.793. The number of thiazole rings is 1.